The molecular formula is C9H8N4. The van der Waals surface area contributed by atoms with Gasteiger partial charge in [0.05, 0.1) is 0 Å². The number of nitrogens with one attached hydrogen (secondary N) is 1. The highest BCUT2D eigenvalue weighted by Gasteiger charge is 2.05. The lowest BCUT2D eigenvalue weighted by atomic mass is 10.0. The molecule has 0 bridgehead atoms. The first kappa shape index (κ1) is 7.74. The summed E-state index contributed by atoms with van der Waals surface area (Å²) in [5, 5.41) is 10.3. The van der Waals surface area contributed by atoms with Crippen LogP contribution in [0.1, 0.15) is 18.4 Å². The minimum Gasteiger partial charge on any atom is -0.233 e. The van der Waals surface area contributed by atoms with Gasteiger partial charge in [0, 0.05) is 12.1 Å². The maximum atomic E-state index is 5.30. The molecule has 1 unspecified atom stereocenters. The van der Waals surface area contributed by atoms with E-state index in [-0.39, 0.29) is 5.92 Å². The van der Waals surface area contributed by atoms with Gasteiger partial charge < -0.3 is 0 Å². The van der Waals surface area contributed by atoms with Gasteiger partial charge in [-0.25, -0.2) is 4.98 Å². The van der Waals surface area contributed by atoms with Gasteiger partial charge in [0.15, 0.2) is 0 Å². The molecule has 0 radical (unpaired) electrons. The van der Waals surface area contributed by atoms with Crippen molar-refractivity contribution in [2.24, 2.45) is 0 Å². The van der Waals surface area contributed by atoms with Crippen LogP contribution in [-0.2, 0) is 0 Å². The second kappa shape index (κ2) is 2.87. The molecule has 4 nitrogen and oxygen atoms in total. The molecule has 0 saturated carbocycles. The number of aromatic nitrogens is 4. The summed E-state index contributed by atoms with van der Waals surface area (Å²) < 4.78 is 0. The average Bonchev–Trinajstić information content (AvgIpc) is 2.63. The molecule has 1 N–H and O–H groups in total. The number of rotatable bonds is 1. The predicted molar refractivity (Wildman–Crippen MR) is 48.9 cm³/mol. The average molecular weight is 172 g/mol. The van der Waals surface area contributed by atoms with Crippen LogP contribution in [0.25, 0.3) is 11.2 Å². The SMILES string of the molecule is C#CC(C)c1cnc2n[nH]nc2c1. The number of nitrogens with zero attached hydrogens (tertiary/aromatic N) is 3. The zero-order chi connectivity index (χ0) is 9.26. The zero-order valence-electron chi connectivity index (χ0n) is 7.15. The van der Waals surface area contributed by atoms with Crippen molar-refractivity contribution in [1.29, 1.82) is 0 Å². The topological polar surface area (TPSA) is 54.5 Å². The van der Waals surface area contributed by atoms with Crippen molar-refractivity contribution in [3.63, 3.8) is 0 Å². The van der Waals surface area contributed by atoms with E-state index in [2.05, 4.69) is 26.3 Å². The summed E-state index contributed by atoms with van der Waals surface area (Å²) in [7, 11) is 0. The fourth-order valence-electron chi connectivity index (χ4n) is 1.09. The number of fused-ring (bicyclic) bond motifs is 1. The zero-order valence-corrected chi connectivity index (χ0v) is 7.15. The van der Waals surface area contributed by atoms with E-state index in [9.17, 15) is 0 Å². The molecule has 0 aliphatic heterocycles. The predicted octanol–water partition coefficient (Wildman–Crippen LogP) is 1.09. The van der Waals surface area contributed by atoms with Gasteiger partial charge in [0.1, 0.15) is 5.52 Å². The summed E-state index contributed by atoms with van der Waals surface area (Å²) >= 11 is 0. The Labute approximate surface area is 75.4 Å². The number of H-pyrrole nitrogens is 1. The van der Waals surface area contributed by atoms with Crippen LogP contribution in [0.4, 0.5) is 0 Å². The van der Waals surface area contributed by atoms with Crippen molar-refractivity contribution in [2.75, 3.05) is 0 Å². The largest absolute Gasteiger partial charge is 0.233 e. The van der Waals surface area contributed by atoms with Gasteiger partial charge in [-0.1, -0.05) is 5.92 Å². The van der Waals surface area contributed by atoms with E-state index in [4.69, 9.17) is 6.42 Å². The summed E-state index contributed by atoms with van der Waals surface area (Å²) in [4.78, 5) is 4.11. The second-order valence-electron chi connectivity index (χ2n) is 2.82. The Morgan fingerprint density at radius 1 is 1.54 bits per heavy atom. The number of hydrogen-bond acceptors (Lipinski definition) is 3. The first-order chi connectivity index (χ1) is 6.31. The van der Waals surface area contributed by atoms with E-state index in [1.54, 1.807) is 6.20 Å². The van der Waals surface area contributed by atoms with Crippen molar-refractivity contribution in [1.82, 2.24) is 20.4 Å². The first-order valence-corrected chi connectivity index (χ1v) is 3.94. The van der Waals surface area contributed by atoms with Crippen molar-refractivity contribution in [3.8, 4) is 12.3 Å². The fraction of sp³-hybridized carbons (Fsp3) is 0.222. The molecule has 0 aliphatic carbocycles. The van der Waals surface area contributed by atoms with E-state index in [1.807, 2.05) is 13.0 Å². The number of pyridine rings is 1. The molecule has 0 aliphatic rings. The minimum absolute atomic E-state index is 0.0635. The summed E-state index contributed by atoms with van der Waals surface area (Å²) in [5.74, 6) is 2.70. The van der Waals surface area contributed by atoms with Crippen LogP contribution in [0.15, 0.2) is 12.3 Å². The van der Waals surface area contributed by atoms with Crippen LogP contribution >= 0.6 is 0 Å². The van der Waals surface area contributed by atoms with Crippen molar-refractivity contribution in [3.05, 3.63) is 17.8 Å². The lowest BCUT2D eigenvalue weighted by Crippen LogP contribution is -1.90. The number of aromatic amines is 1. The quantitative estimate of drug-likeness (QED) is 0.655. The van der Waals surface area contributed by atoms with Crippen molar-refractivity contribution in [2.45, 2.75) is 12.8 Å². The molecule has 2 rings (SSSR count). The third-order valence-corrected chi connectivity index (χ3v) is 1.94. The maximum Gasteiger partial charge on any atom is 0.201 e. The standard InChI is InChI=1S/C9H8N4/c1-3-6(2)7-4-8-9(10-5-7)12-13-11-8/h1,4-6H,2H3,(H,10,11,12,13). The number of hydrogen-bond donors (Lipinski definition) is 1. The van der Waals surface area contributed by atoms with Crippen LogP contribution < -0.4 is 0 Å². The van der Waals surface area contributed by atoms with E-state index in [1.165, 1.54) is 0 Å². The molecule has 13 heavy (non-hydrogen) atoms. The monoisotopic (exact) mass is 172 g/mol. The fourth-order valence-corrected chi connectivity index (χ4v) is 1.09. The van der Waals surface area contributed by atoms with Crippen LogP contribution in [0, 0.1) is 12.3 Å². The van der Waals surface area contributed by atoms with Crippen molar-refractivity contribution < 1.29 is 0 Å². The summed E-state index contributed by atoms with van der Waals surface area (Å²) in [6, 6.07) is 1.90. The molecular weight excluding hydrogens is 164 g/mol. The third kappa shape index (κ3) is 1.25. The Morgan fingerprint density at radius 2 is 2.38 bits per heavy atom. The van der Waals surface area contributed by atoms with Crippen LogP contribution in [0.3, 0.4) is 0 Å². The smallest absolute Gasteiger partial charge is 0.201 e. The Hall–Kier alpha value is -1.89. The molecule has 0 spiro atoms. The normalized spacial score (nSPS) is 12.6. The Balaban J connectivity index is 2.55. The van der Waals surface area contributed by atoms with Gasteiger partial charge in [0.25, 0.3) is 0 Å². The molecule has 1 atom stereocenters. The van der Waals surface area contributed by atoms with Crippen LogP contribution in [0.5, 0.6) is 0 Å². The molecule has 0 amide bonds. The van der Waals surface area contributed by atoms with Crippen LogP contribution in [0.2, 0.25) is 0 Å². The molecule has 0 saturated heterocycles. The van der Waals surface area contributed by atoms with Gasteiger partial charge in [-0.15, -0.1) is 11.5 Å². The Kier molecular flexibility index (Phi) is 1.71. The van der Waals surface area contributed by atoms with E-state index in [0.29, 0.717) is 5.65 Å². The first-order valence-electron chi connectivity index (χ1n) is 3.94. The lowest BCUT2D eigenvalue weighted by Gasteiger charge is -2.01. The van der Waals surface area contributed by atoms with Crippen LogP contribution in [-0.4, -0.2) is 20.4 Å². The summed E-state index contributed by atoms with van der Waals surface area (Å²) in [5.41, 5.74) is 2.36. The molecule has 2 heterocycles. The highest BCUT2D eigenvalue weighted by atomic mass is 15.3. The summed E-state index contributed by atoms with van der Waals surface area (Å²) in [6.45, 7) is 1.95. The molecule has 0 aromatic carbocycles. The van der Waals surface area contributed by atoms with E-state index < -0.39 is 0 Å². The van der Waals surface area contributed by atoms with E-state index >= 15 is 0 Å². The van der Waals surface area contributed by atoms with Gasteiger partial charge in [-0.05, 0) is 18.6 Å². The molecule has 0 fully saturated rings. The van der Waals surface area contributed by atoms with Gasteiger partial charge in [-0.2, -0.15) is 10.3 Å². The highest BCUT2D eigenvalue weighted by Crippen LogP contribution is 2.15. The van der Waals surface area contributed by atoms with Crippen molar-refractivity contribution >= 4 is 11.2 Å². The highest BCUT2D eigenvalue weighted by molar-refractivity contribution is 5.69. The molecule has 64 valence electrons. The number of terminal acetylenes is 1. The maximum absolute atomic E-state index is 5.30. The Morgan fingerprint density at radius 3 is 3.15 bits per heavy atom. The van der Waals surface area contributed by atoms with E-state index in [0.717, 1.165) is 11.1 Å². The molecule has 2 aromatic heterocycles. The Bertz CT molecular complexity index is 466. The lowest BCUT2D eigenvalue weighted by molar-refractivity contribution is 0.954. The summed E-state index contributed by atoms with van der Waals surface area (Å²) in [6.07, 6.45) is 7.03. The third-order valence-electron chi connectivity index (χ3n) is 1.94. The van der Waals surface area contributed by atoms with Gasteiger partial charge in [-0.3, -0.25) is 0 Å². The van der Waals surface area contributed by atoms with Gasteiger partial charge in [0.2, 0.25) is 5.65 Å². The molecule has 2 aromatic rings. The minimum atomic E-state index is 0.0635. The second-order valence-corrected chi connectivity index (χ2v) is 2.82. The van der Waals surface area contributed by atoms with Gasteiger partial charge >= 0.3 is 0 Å². The molecule has 4 heteroatoms.